The van der Waals surface area contributed by atoms with Crippen molar-refractivity contribution in [3.8, 4) is 0 Å². The van der Waals surface area contributed by atoms with Crippen molar-refractivity contribution in [3.05, 3.63) is 26.7 Å². The largest absolute Gasteiger partial charge is 0.481 e. The summed E-state index contributed by atoms with van der Waals surface area (Å²) in [6.45, 7) is 0.901. The van der Waals surface area contributed by atoms with Crippen molar-refractivity contribution < 1.29 is 9.90 Å². The number of nitrogens with zero attached hydrogens (tertiary/aromatic N) is 3. The Morgan fingerprint density at radius 2 is 1.86 bits per heavy atom. The van der Waals surface area contributed by atoms with E-state index in [1.165, 1.54) is 4.57 Å². The maximum absolute atomic E-state index is 12.8. The third-order valence-electron chi connectivity index (χ3n) is 5.59. The first-order chi connectivity index (χ1) is 12.9. The number of rotatable bonds is 7. The summed E-state index contributed by atoms with van der Waals surface area (Å²) in [7, 11) is 1.60. The molecule has 0 spiro atoms. The maximum atomic E-state index is 12.8. The summed E-state index contributed by atoms with van der Waals surface area (Å²) in [5, 5.41) is 8.71. The maximum Gasteiger partial charge on any atom is 0.332 e. The zero-order valence-electron chi connectivity index (χ0n) is 16.4. The van der Waals surface area contributed by atoms with Gasteiger partial charge in [0.2, 0.25) is 0 Å². The average Bonchev–Trinajstić information content (AvgIpc) is 3.11. The van der Waals surface area contributed by atoms with Crippen molar-refractivity contribution in [3.63, 3.8) is 0 Å². The SMILES string of the molecule is Cl.Cl.Cn1c(=O)n(CCCCC(=O)O)c(=O)c2[nH]c([C@H]3CC[C@H](CN)CC3)nc21. The number of H-pyrrole nitrogens is 1. The van der Waals surface area contributed by atoms with Gasteiger partial charge in [-0.05, 0) is 51.0 Å². The monoisotopic (exact) mass is 449 g/mol. The zero-order chi connectivity index (χ0) is 19.6. The molecule has 2 aromatic rings. The number of aromatic amines is 1. The van der Waals surface area contributed by atoms with Crippen LogP contribution in [-0.2, 0) is 18.4 Å². The van der Waals surface area contributed by atoms with E-state index < -0.39 is 17.2 Å². The molecule has 1 aliphatic carbocycles. The van der Waals surface area contributed by atoms with Crippen LogP contribution < -0.4 is 17.0 Å². The van der Waals surface area contributed by atoms with Gasteiger partial charge in [-0.3, -0.25) is 18.7 Å². The van der Waals surface area contributed by atoms with E-state index in [0.29, 0.717) is 36.5 Å². The third-order valence-corrected chi connectivity index (χ3v) is 5.59. The van der Waals surface area contributed by atoms with Crippen LogP contribution in [0.3, 0.4) is 0 Å². The standard InChI is InChI=1S/C18H27N5O4.2ClH/c1-22-16-14(17(26)23(18(22)27)9-3-2-4-13(24)25)20-15(21-16)12-7-5-11(10-19)6-8-12;;/h11-12H,2-10,19H2,1H3,(H,20,21)(H,24,25);2*1H/t11-,12-;;. The molecule has 0 bridgehead atoms. The lowest BCUT2D eigenvalue weighted by molar-refractivity contribution is -0.137. The number of halogens is 2. The highest BCUT2D eigenvalue weighted by molar-refractivity contribution is 5.85. The summed E-state index contributed by atoms with van der Waals surface area (Å²) in [6, 6.07) is 0. The minimum absolute atomic E-state index is 0. The number of carboxylic acid groups (broad SMARTS) is 1. The molecule has 11 heteroatoms. The van der Waals surface area contributed by atoms with Gasteiger partial charge in [0, 0.05) is 25.9 Å². The summed E-state index contributed by atoms with van der Waals surface area (Å²) >= 11 is 0. The molecule has 9 nitrogen and oxygen atoms in total. The summed E-state index contributed by atoms with van der Waals surface area (Å²) < 4.78 is 2.55. The molecule has 0 radical (unpaired) electrons. The first-order valence-corrected chi connectivity index (χ1v) is 9.53. The number of nitrogens with two attached hydrogens (primary N) is 1. The summed E-state index contributed by atoms with van der Waals surface area (Å²) in [6.07, 6.45) is 4.93. The second-order valence-electron chi connectivity index (χ2n) is 7.42. The highest BCUT2D eigenvalue weighted by atomic mass is 35.5. The van der Waals surface area contributed by atoms with Gasteiger partial charge in [-0.1, -0.05) is 0 Å². The van der Waals surface area contributed by atoms with Crippen LogP contribution in [-0.4, -0.2) is 36.7 Å². The number of nitrogens with one attached hydrogen (secondary N) is 1. The number of imidazole rings is 1. The molecule has 0 unspecified atom stereocenters. The number of unbranched alkanes of at least 4 members (excludes halogenated alkanes) is 1. The predicted octanol–water partition coefficient (Wildman–Crippen LogP) is 1.75. The van der Waals surface area contributed by atoms with E-state index >= 15 is 0 Å². The predicted molar refractivity (Wildman–Crippen MR) is 115 cm³/mol. The number of hydrogen-bond acceptors (Lipinski definition) is 5. The van der Waals surface area contributed by atoms with E-state index in [1.54, 1.807) is 7.05 Å². The van der Waals surface area contributed by atoms with Gasteiger partial charge < -0.3 is 15.8 Å². The Balaban J connectivity index is 0.00000210. The van der Waals surface area contributed by atoms with Crippen LogP contribution in [0.4, 0.5) is 0 Å². The molecule has 0 atom stereocenters. The van der Waals surface area contributed by atoms with Gasteiger partial charge >= 0.3 is 11.7 Å². The number of aromatic nitrogens is 4. The quantitative estimate of drug-likeness (QED) is 0.550. The lowest BCUT2D eigenvalue weighted by Crippen LogP contribution is -2.39. The van der Waals surface area contributed by atoms with Gasteiger partial charge in [0.15, 0.2) is 5.65 Å². The molecule has 0 aliphatic heterocycles. The second kappa shape index (κ2) is 10.8. The van der Waals surface area contributed by atoms with E-state index in [4.69, 9.17) is 10.8 Å². The van der Waals surface area contributed by atoms with Crippen molar-refractivity contribution >= 4 is 41.9 Å². The normalized spacial score (nSPS) is 18.8. The highest BCUT2D eigenvalue weighted by Gasteiger charge is 2.25. The van der Waals surface area contributed by atoms with Gasteiger partial charge in [-0.15, -0.1) is 24.8 Å². The molecule has 3 rings (SSSR count). The van der Waals surface area contributed by atoms with Gasteiger partial charge in [0.05, 0.1) is 0 Å². The number of carboxylic acids is 1. The molecule has 0 saturated heterocycles. The lowest BCUT2D eigenvalue weighted by atomic mass is 9.82. The summed E-state index contributed by atoms with van der Waals surface area (Å²) in [5.74, 6) is 0.682. The topological polar surface area (TPSA) is 136 Å². The van der Waals surface area contributed by atoms with Crippen LogP contribution in [0.25, 0.3) is 11.2 Å². The van der Waals surface area contributed by atoms with E-state index in [0.717, 1.165) is 36.1 Å². The van der Waals surface area contributed by atoms with Crippen LogP contribution >= 0.6 is 24.8 Å². The Labute approximate surface area is 180 Å². The number of hydrogen-bond donors (Lipinski definition) is 3. The first kappa shape index (κ1) is 25.2. The molecule has 164 valence electrons. The fourth-order valence-electron chi connectivity index (χ4n) is 3.88. The lowest BCUT2D eigenvalue weighted by Gasteiger charge is -2.26. The smallest absolute Gasteiger partial charge is 0.332 e. The number of carbonyl (C=O) groups is 1. The molecule has 2 heterocycles. The van der Waals surface area contributed by atoms with Crippen molar-refractivity contribution in [1.82, 2.24) is 19.1 Å². The Bertz CT molecular complexity index is 944. The Morgan fingerprint density at radius 1 is 1.21 bits per heavy atom. The van der Waals surface area contributed by atoms with Gasteiger partial charge in [0.25, 0.3) is 5.56 Å². The Morgan fingerprint density at radius 3 is 2.45 bits per heavy atom. The Kier molecular flexibility index (Phi) is 9.38. The van der Waals surface area contributed by atoms with Gasteiger partial charge in [-0.25, -0.2) is 9.78 Å². The van der Waals surface area contributed by atoms with E-state index in [-0.39, 0.29) is 43.7 Å². The minimum Gasteiger partial charge on any atom is -0.481 e. The molecular formula is C18H29Cl2N5O4. The fourth-order valence-corrected chi connectivity index (χ4v) is 3.88. The zero-order valence-corrected chi connectivity index (χ0v) is 18.1. The fraction of sp³-hybridized carbons (Fsp3) is 0.667. The van der Waals surface area contributed by atoms with E-state index in [9.17, 15) is 14.4 Å². The number of aryl methyl sites for hydroxylation is 1. The molecule has 2 aromatic heterocycles. The van der Waals surface area contributed by atoms with Crippen LogP contribution in [0, 0.1) is 5.92 Å². The van der Waals surface area contributed by atoms with Crippen LogP contribution in [0.1, 0.15) is 56.7 Å². The van der Waals surface area contributed by atoms with Crippen molar-refractivity contribution in [2.75, 3.05) is 6.54 Å². The van der Waals surface area contributed by atoms with E-state index in [2.05, 4.69) is 9.97 Å². The molecule has 1 saturated carbocycles. The second-order valence-corrected chi connectivity index (χ2v) is 7.42. The summed E-state index contributed by atoms with van der Waals surface area (Å²) in [4.78, 5) is 43.6. The molecule has 29 heavy (non-hydrogen) atoms. The van der Waals surface area contributed by atoms with Crippen LogP contribution in [0.5, 0.6) is 0 Å². The van der Waals surface area contributed by atoms with Crippen molar-refractivity contribution in [1.29, 1.82) is 0 Å². The average molecular weight is 450 g/mol. The van der Waals surface area contributed by atoms with Crippen molar-refractivity contribution in [2.45, 2.75) is 57.4 Å². The first-order valence-electron chi connectivity index (χ1n) is 9.53. The highest BCUT2D eigenvalue weighted by Crippen LogP contribution is 2.34. The minimum atomic E-state index is -0.881. The Hall–Kier alpha value is -1.84. The van der Waals surface area contributed by atoms with Crippen molar-refractivity contribution in [2.24, 2.45) is 18.7 Å². The molecule has 0 amide bonds. The van der Waals surface area contributed by atoms with Crippen LogP contribution in [0.15, 0.2) is 9.59 Å². The number of aliphatic carboxylic acids is 1. The molecular weight excluding hydrogens is 421 g/mol. The van der Waals surface area contributed by atoms with Gasteiger partial charge in [-0.2, -0.15) is 0 Å². The third kappa shape index (κ3) is 5.40. The number of fused-ring (bicyclic) bond motifs is 1. The van der Waals surface area contributed by atoms with Crippen LogP contribution in [0.2, 0.25) is 0 Å². The molecule has 1 aliphatic rings. The molecule has 4 N–H and O–H groups in total. The van der Waals surface area contributed by atoms with Gasteiger partial charge in [0.1, 0.15) is 11.3 Å². The molecule has 0 aromatic carbocycles. The van der Waals surface area contributed by atoms with E-state index in [1.807, 2.05) is 0 Å². The summed E-state index contributed by atoms with van der Waals surface area (Å²) in [5.41, 5.74) is 5.65. The molecule has 1 fully saturated rings.